The van der Waals surface area contributed by atoms with Crippen molar-refractivity contribution in [2.75, 3.05) is 6.54 Å². The van der Waals surface area contributed by atoms with Gasteiger partial charge in [0, 0.05) is 18.6 Å². The number of rotatable bonds is 1. The molecule has 0 aromatic rings. The highest BCUT2D eigenvalue weighted by atomic mass is 16.3. The van der Waals surface area contributed by atoms with Gasteiger partial charge in [-0.15, -0.1) is 0 Å². The average Bonchev–Trinajstić information content (AvgIpc) is 2.14. The first-order valence-electron chi connectivity index (χ1n) is 4.06. The van der Waals surface area contributed by atoms with Crippen molar-refractivity contribution < 1.29 is 5.11 Å². The summed E-state index contributed by atoms with van der Waals surface area (Å²) in [5.74, 6) is 0. The van der Waals surface area contributed by atoms with E-state index < -0.39 is 0 Å². The molecule has 1 heterocycles. The molecular weight excluding hydrogens is 126 g/mol. The molecule has 0 unspecified atom stereocenters. The number of hydrogen-bond acceptors (Lipinski definition) is 2. The minimum absolute atomic E-state index is 0.0950. The SMILES string of the molecule is CC(C)N1CC[C@H](O)[C@H]1C. The molecule has 0 bridgehead atoms. The lowest BCUT2D eigenvalue weighted by molar-refractivity contribution is 0.111. The Morgan fingerprint density at radius 1 is 1.50 bits per heavy atom. The maximum absolute atomic E-state index is 9.38. The van der Waals surface area contributed by atoms with E-state index in [-0.39, 0.29) is 6.10 Å². The molecule has 0 saturated carbocycles. The summed E-state index contributed by atoms with van der Waals surface area (Å²) in [5, 5.41) is 9.38. The fraction of sp³-hybridized carbons (Fsp3) is 1.00. The number of likely N-dealkylation sites (tertiary alicyclic amines) is 1. The van der Waals surface area contributed by atoms with Gasteiger partial charge >= 0.3 is 0 Å². The topological polar surface area (TPSA) is 23.5 Å². The van der Waals surface area contributed by atoms with Crippen molar-refractivity contribution >= 4 is 0 Å². The summed E-state index contributed by atoms with van der Waals surface area (Å²) in [6, 6.07) is 0.937. The van der Waals surface area contributed by atoms with Crippen LogP contribution in [0.1, 0.15) is 27.2 Å². The molecule has 0 radical (unpaired) electrons. The maximum atomic E-state index is 9.38. The van der Waals surface area contributed by atoms with Crippen LogP contribution in [0.25, 0.3) is 0 Å². The number of aliphatic hydroxyl groups excluding tert-OH is 1. The second-order valence-corrected chi connectivity index (χ2v) is 3.43. The van der Waals surface area contributed by atoms with E-state index in [1.165, 1.54) is 0 Å². The third kappa shape index (κ3) is 1.32. The zero-order valence-electron chi connectivity index (χ0n) is 7.04. The van der Waals surface area contributed by atoms with E-state index in [1.54, 1.807) is 0 Å². The average molecular weight is 143 g/mol. The molecule has 0 spiro atoms. The van der Waals surface area contributed by atoms with Gasteiger partial charge < -0.3 is 5.11 Å². The van der Waals surface area contributed by atoms with Crippen LogP contribution in [0.4, 0.5) is 0 Å². The van der Waals surface area contributed by atoms with Crippen molar-refractivity contribution in [3.63, 3.8) is 0 Å². The standard InChI is InChI=1S/C8H17NO/c1-6(2)9-5-4-8(10)7(9)3/h6-8,10H,4-5H2,1-3H3/t7-,8+/m1/s1. The van der Waals surface area contributed by atoms with E-state index in [2.05, 4.69) is 25.7 Å². The molecule has 2 heteroatoms. The number of aliphatic hydroxyl groups is 1. The van der Waals surface area contributed by atoms with Crippen molar-refractivity contribution in [3.05, 3.63) is 0 Å². The predicted molar refractivity (Wildman–Crippen MR) is 41.9 cm³/mol. The fourth-order valence-corrected chi connectivity index (χ4v) is 1.68. The van der Waals surface area contributed by atoms with E-state index in [4.69, 9.17) is 0 Å². The van der Waals surface area contributed by atoms with Crippen LogP contribution < -0.4 is 0 Å². The highest BCUT2D eigenvalue weighted by molar-refractivity contribution is 4.84. The molecule has 10 heavy (non-hydrogen) atoms. The summed E-state index contributed by atoms with van der Waals surface area (Å²) in [5.41, 5.74) is 0. The second-order valence-electron chi connectivity index (χ2n) is 3.43. The molecule has 1 aliphatic heterocycles. The van der Waals surface area contributed by atoms with E-state index >= 15 is 0 Å². The largest absolute Gasteiger partial charge is 0.391 e. The quantitative estimate of drug-likeness (QED) is 0.588. The Morgan fingerprint density at radius 2 is 2.10 bits per heavy atom. The molecule has 1 saturated heterocycles. The van der Waals surface area contributed by atoms with Gasteiger partial charge in [0.15, 0.2) is 0 Å². The highest BCUT2D eigenvalue weighted by Gasteiger charge is 2.29. The van der Waals surface area contributed by atoms with Crippen LogP contribution in [-0.2, 0) is 0 Å². The maximum Gasteiger partial charge on any atom is 0.0705 e. The Balaban J connectivity index is 2.49. The van der Waals surface area contributed by atoms with Crippen LogP contribution in [0, 0.1) is 0 Å². The lowest BCUT2D eigenvalue weighted by atomic mass is 10.2. The zero-order chi connectivity index (χ0) is 7.72. The number of hydrogen-bond donors (Lipinski definition) is 1. The van der Waals surface area contributed by atoms with Gasteiger partial charge in [-0.1, -0.05) is 0 Å². The van der Waals surface area contributed by atoms with Crippen molar-refractivity contribution in [2.45, 2.75) is 45.4 Å². The normalized spacial score (nSPS) is 35.7. The summed E-state index contributed by atoms with van der Waals surface area (Å²) >= 11 is 0. The van der Waals surface area contributed by atoms with Gasteiger partial charge in [0.25, 0.3) is 0 Å². The molecule has 0 amide bonds. The number of nitrogens with zero attached hydrogens (tertiary/aromatic N) is 1. The van der Waals surface area contributed by atoms with Gasteiger partial charge in [0.1, 0.15) is 0 Å². The van der Waals surface area contributed by atoms with Crippen LogP contribution in [0.3, 0.4) is 0 Å². The first-order valence-corrected chi connectivity index (χ1v) is 4.06. The first kappa shape index (κ1) is 8.02. The van der Waals surface area contributed by atoms with Crippen LogP contribution in [0.2, 0.25) is 0 Å². The second kappa shape index (κ2) is 2.89. The molecule has 1 aliphatic rings. The molecule has 2 atom stereocenters. The third-order valence-corrected chi connectivity index (χ3v) is 2.43. The van der Waals surface area contributed by atoms with E-state index in [1.807, 2.05) is 0 Å². The summed E-state index contributed by atoms with van der Waals surface area (Å²) < 4.78 is 0. The van der Waals surface area contributed by atoms with Crippen molar-refractivity contribution in [3.8, 4) is 0 Å². The minimum atomic E-state index is -0.0950. The Hall–Kier alpha value is -0.0800. The van der Waals surface area contributed by atoms with E-state index in [9.17, 15) is 5.11 Å². The minimum Gasteiger partial charge on any atom is -0.391 e. The molecule has 2 nitrogen and oxygen atoms in total. The lowest BCUT2D eigenvalue weighted by Gasteiger charge is -2.26. The van der Waals surface area contributed by atoms with Gasteiger partial charge in [0.05, 0.1) is 6.10 Å². The van der Waals surface area contributed by atoms with Gasteiger partial charge in [-0.3, -0.25) is 4.90 Å². The molecule has 1 fully saturated rings. The van der Waals surface area contributed by atoms with Gasteiger partial charge in [-0.25, -0.2) is 0 Å². The summed E-state index contributed by atoms with van der Waals surface area (Å²) in [6.07, 6.45) is 0.849. The Bertz CT molecular complexity index is 114. The molecule has 0 aromatic heterocycles. The van der Waals surface area contributed by atoms with Gasteiger partial charge in [-0.05, 0) is 27.2 Å². The Morgan fingerprint density at radius 3 is 2.30 bits per heavy atom. The molecule has 1 rings (SSSR count). The Labute approximate surface area is 62.8 Å². The fourth-order valence-electron chi connectivity index (χ4n) is 1.68. The smallest absolute Gasteiger partial charge is 0.0705 e. The molecule has 60 valence electrons. The molecule has 1 N–H and O–H groups in total. The van der Waals surface area contributed by atoms with Crippen LogP contribution in [0.5, 0.6) is 0 Å². The van der Waals surface area contributed by atoms with Crippen molar-refractivity contribution in [2.24, 2.45) is 0 Å². The monoisotopic (exact) mass is 143 g/mol. The molecule has 0 aliphatic carbocycles. The van der Waals surface area contributed by atoms with E-state index in [0.717, 1.165) is 13.0 Å². The highest BCUT2D eigenvalue weighted by Crippen LogP contribution is 2.19. The summed E-state index contributed by atoms with van der Waals surface area (Å²) in [7, 11) is 0. The first-order chi connectivity index (χ1) is 4.63. The van der Waals surface area contributed by atoms with Crippen LogP contribution in [0.15, 0.2) is 0 Å². The third-order valence-electron chi connectivity index (χ3n) is 2.43. The Kier molecular flexibility index (Phi) is 2.32. The van der Waals surface area contributed by atoms with Gasteiger partial charge in [-0.2, -0.15) is 0 Å². The predicted octanol–water partition coefficient (Wildman–Crippen LogP) is 0.850. The van der Waals surface area contributed by atoms with Crippen molar-refractivity contribution in [1.29, 1.82) is 0 Å². The van der Waals surface area contributed by atoms with E-state index in [0.29, 0.717) is 12.1 Å². The zero-order valence-corrected chi connectivity index (χ0v) is 7.04. The van der Waals surface area contributed by atoms with Crippen LogP contribution >= 0.6 is 0 Å². The molecular formula is C8H17NO. The van der Waals surface area contributed by atoms with Crippen LogP contribution in [-0.4, -0.2) is 34.7 Å². The summed E-state index contributed by atoms with van der Waals surface area (Å²) in [6.45, 7) is 7.50. The summed E-state index contributed by atoms with van der Waals surface area (Å²) in [4.78, 5) is 2.34. The molecule has 0 aromatic carbocycles. The lowest BCUT2D eigenvalue weighted by Crippen LogP contribution is -2.37. The van der Waals surface area contributed by atoms with Gasteiger partial charge in [0.2, 0.25) is 0 Å². The van der Waals surface area contributed by atoms with Crippen molar-refractivity contribution in [1.82, 2.24) is 4.90 Å².